The van der Waals surface area contributed by atoms with E-state index in [0.717, 1.165) is 41.7 Å². The van der Waals surface area contributed by atoms with Crippen LogP contribution in [0.5, 0.6) is 0 Å². The molecule has 1 N–H and O–H groups in total. The molecule has 0 spiro atoms. The van der Waals surface area contributed by atoms with E-state index in [1.54, 1.807) is 23.9 Å². The molecule has 0 saturated heterocycles. The lowest BCUT2D eigenvalue weighted by molar-refractivity contribution is -0.384. The van der Waals surface area contributed by atoms with E-state index in [2.05, 4.69) is 14.6 Å². The zero-order valence-corrected chi connectivity index (χ0v) is 15.5. The molecular weight excluding hydrogens is 388 g/mol. The molecule has 0 bridgehead atoms. The number of hydrogen-bond acceptors (Lipinski definition) is 7. The number of benzene rings is 2. The molecule has 0 aliphatic carbocycles. The van der Waals surface area contributed by atoms with E-state index in [0.29, 0.717) is 5.69 Å². The fourth-order valence-corrected chi connectivity index (χ4v) is 4.84. The summed E-state index contributed by atoms with van der Waals surface area (Å²) in [5.74, 6) is 0. The number of sulfonamides is 1. The smallest absolute Gasteiger partial charge is 0.269 e. The number of fused-ring (bicyclic) bond motifs is 1. The highest BCUT2D eigenvalue weighted by Gasteiger charge is 2.27. The van der Waals surface area contributed by atoms with Gasteiger partial charge in [-0.25, -0.2) is 8.42 Å². The number of amidine groups is 1. The molecule has 0 unspecified atom stereocenters. The van der Waals surface area contributed by atoms with E-state index in [-0.39, 0.29) is 10.6 Å². The lowest BCUT2D eigenvalue weighted by atomic mass is 10.1. The Morgan fingerprint density at radius 3 is 2.48 bits per heavy atom. The molecule has 138 valence electrons. The van der Waals surface area contributed by atoms with E-state index in [1.807, 2.05) is 17.5 Å². The number of aliphatic imine (C=N–C) groups is 1. The maximum absolute atomic E-state index is 12.5. The number of hydrogen-bond donors (Lipinski definition) is 1. The first kappa shape index (κ1) is 17.6. The molecule has 27 heavy (non-hydrogen) atoms. The predicted octanol–water partition coefficient (Wildman–Crippen LogP) is 3.11. The summed E-state index contributed by atoms with van der Waals surface area (Å²) in [4.78, 5) is 16.6. The van der Waals surface area contributed by atoms with E-state index in [4.69, 9.17) is 0 Å². The van der Waals surface area contributed by atoms with Crippen LogP contribution >= 0.6 is 11.8 Å². The maximum atomic E-state index is 12.5. The Labute approximate surface area is 159 Å². The Kier molecular flexibility index (Phi) is 4.36. The largest absolute Gasteiger partial charge is 0.318 e. The molecule has 0 saturated carbocycles. The third-order valence-corrected chi connectivity index (χ3v) is 6.46. The average Bonchev–Trinajstić information content (AvgIpc) is 3.26. The lowest BCUT2D eigenvalue weighted by Crippen LogP contribution is -2.19. The summed E-state index contributed by atoms with van der Waals surface area (Å²) in [6.45, 7) is 1.63. The first-order valence-electron chi connectivity index (χ1n) is 8.00. The first-order chi connectivity index (χ1) is 12.9. The Morgan fingerprint density at radius 2 is 1.81 bits per heavy atom. The topological polar surface area (TPSA) is 105 Å². The average molecular weight is 402 g/mol. The van der Waals surface area contributed by atoms with Gasteiger partial charge >= 0.3 is 0 Å². The standard InChI is InChI=1S/C17H14N4O4S2/c22-21(23)14-5-7-15(8-6-14)27(24,25)19-13-3-1-12(2-4-13)16-11-26-17-18-9-10-20(16)17/h1-8,11,19H,9-10H2. The van der Waals surface area contributed by atoms with E-state index in [9.17, 15) is 18.5 Å². The molecule has 0 amide bonds. The van der Waals surface area contributed by atoms with Gasteiger partial charge in [-0.15, -0.1) is 0 Å². The zero-order chi connectivity index (χ0) is 19.0. The van der Waals surface area contributed by atoms with Crippen LogP contribution in [0, 0.1) is 10.1 Å². The molecule has 10 heteroatoms. The van der Waals surface area contributed by atoms with Crippen LogP contribution < -0.4 is 4.72 Å². The van der Waals surface area contributed by atoms with Gasteiger partial charge < -0.3 is 4.90 Å². The van der Waals surface area contributed by atoms with Crippen LogP contribution in [0.15, 0.2) is 63.8 Å². The number of thioether (sulfide) groups is 1. The van der Waals surface area contributed by atoms with Gasteiger partial charge in [-0.3, -0.25) is 19.8 Å². The molecular formula is C17H14N4O4S2. The van der Waals surface area contributed by atoms with Gasteiger partial charge in [-0.1, -0.05) is 23.9 Å². The number of nitro groups is 1. The predicted molar refractivity (Wildman–Crippen MR) is 105 cm³/mol. The quantitative estimate of drug-likeness (QED) is 0.609. The molecule has 0 radical (unpaired) electrons. The van der Waals surface area contributed by atoms with Gasteiger partial charge in [0.15, 0.2) is 5.17 Å². The minimum atomic E-state index is -3.82. The number of nitro benzene ring substituents is 1. The van der Waals surface area contributed by atoms with Crippen molar-refractivity contribution < 1.29 is 13.3 Å². The van der Waals surface area contributed by atoms with Crippen LogP contribution in [0.25, 0.3) is 5.70 Å². The van der Waals surface area contributed by atoms with Crippen LogP contribution in [0.4, 0.5) is 11.4 Å². The normalized spacial score (nSPS) is 15.9. The number of nitrogens with zero attached hydrogens (tertiary/aromatic N) is 3. The fraction of sp³-hybridized carbons (Fsp3) is 0.118. The fourth-order valence-electron chi connectivity index (χ4n) is 2.82. The summed E-state index contributed by atoms with van der Waals surface area (Å²) >= 11 is 1.58. The molecule has 8 nitrogen and oxygen atoms in total. The van der Waals surface area contributed by atoms with Gasteiger partial charge in [-0.2, -0.15) is 0 Å². The van der Waals surface area contributed by atoms with Gasteiger partial charge in [0.25, 0.3) is 15.7 Å². The van der Waals surface area contributed by atoms with Gasteiger partial charge in [0.2, 0.25) is 0 Å². The number of anilines is 1. The van der Waals surface area contributed by atoms with E-state index < -0.39 is 14.9 Å². The van der Waals surface area contributed by atoms with Gasteiger partial charge in [0.05, 0.1) is 22.1 Å². The molecule has 0 aromatic heterocycles. The van der Waals surface area contributed by atoms with Crippen molar-refractivity contribution in [2.45, 2.75) is 4.90 Å². The SMILES string of the molecule is O=[N+]([O-])c1ccc(S(=O)(=O)Nc2ccc(C3=CSC4=NCCN34)cc2)cc1. The Morgan fingerprint density at radius 1 is 1.11 bits per heavy atom. The van der Waals surface area contributed by atoms with Crippen molar-refractivity contribution in [3.8, 4) is 0 Å². The summed E-state index contributed by atoms with van der Waals surface area (Å²) < 4.78 is 27.4. The highest BCUT2D eigenvalue weighted by Crippen LogP contribution is 2.35. The zero-order valence-electron chi connectivity index (χ0n) is 13.9. The Bertz CT molecular complexity index is 1060. The summed E-state index contributed by atoms with van der Waals surface area (Å²) in [6, 6.07) is 11.8. The molecule has 0 atom stereocenters. The van der Waals surface area contributed by atoms with E-state index >= 15 is 0 Å². The summed E-state index contributed by atoms with van der Waals surface area (Å²) in [6.07, 6.45) is 0. The monoisotopic (exact) mass is 402 g/mol. The van der Waals surface area contributed by atoms with E-state index in [1.165, 1.54) is 12.1 Å². The van der Waals surface area contributed by atoms with Crippen LogP contribution in [0.3, 0.4) is 0 Å². The Balaban J connectivity index is 1.51. The molecule has 2 heterocycles. The number of non-ortho nitro benzene ring substituents is 1. The second kappa shape index (κ2) is 6.71. The highest BCUT2D eigenvalue weighted by molar-refractivity contribution is 8.16. The minimum Gasteiger partial charge on any atom is -0.318 e. The first-order valence-corrected chi connectivity index (χ1v) is 10.4. The van der Waals surface area contributed by atoms with Crippen molar-refractivity contribution in [2.75, 3.05) is 17.8 Å². The Hall–Kier alpha value is -2.85. The number of rotatable bonds is 5. The van der Waals surface area contributed by atoms with Crippen LogP contribution in [0.1, 0.15) is 5.56 Å². The summed E-state index contributed by atoms with van der Waals surface area (Å²) in [7, 11) is -3.82. The summed E-state index contributed by atoms with van der Waals surface area (Å²) in [5, 5.41) is 13.7. The van der Waals surface area contributed by atoms with Gasteiger partial charge in [-0.05, 0) is 29.8 Å². The lowest BCUT2D eigenvalue weighted by Gasteiger charge is -2.17. The minimum absolute atomic E-state index is 0.0370. The van der Waals surface area contributed by atoms with Crippen molar-refractivity contribution in [3.05, 3.63) is 69.6 Å². The van der Waals surface area contributed by atoms with Crippen molar-refractivity contribution in [1.82, 2.24) is 4.90 Å². The van der Waals surface area contributed by atoms with Gasteiger partial charge in [0, 0.05) is 29.8 Å². The van der Waals surface area contributed by atoms with Gasteiger partial charge in [0.1, 0.15) is 0 Å². The van der Waals surface area contributed by atoms with Crippen LogP contribution in [0.2, 0.25) is 0 Å². The maximum Gasteiger partial charge on any atom is 0.269 e. The molecule has 2 aromatic carbocycles. The molecule has 2 aliphatic rings. The third-order valence-electron chi connectivity index (χ3n) is 4.16. The van der Waals surface area contributed by atoms with Crippen molar-refractivity contribution in [2.24, 2.45) is 4.99 Å². The van der Waals surface area contributed by atoms with Crippen LogP contribution in [-0.2, 0) is 10.0 Å². The molecule has 4 rings (SSSR count). The molecule has 2 aromatic rings. The molecule has 2 aliphatic heterocycles. The van der Waals surface area contributed by atoms with Crippen LogP contribution in [-0.4, -0.2) is 36.5 Å². The van der Waals surface area contributed by atoms with Crippen molar-refractivity contribution >= 4 is 44.0 Å². The highest BCUT2D eigenvalue weighted by atomic mass is 32.2. The van der Waals surface area contributed by atoms with Crippen molar-refractivity contribution in [1.29, 1.82) is 0 Å². The second-order valence-electron chi connectivity index (χ2n) is 5.87. The van der Waals surface area contributed by atoms with Crippen molar-refractivity contribution in [3.63, 3.8) is 0 Å². The number of nitrogens with one attached hydrogen (secondary N) is 1. The summed E-state index contributed by atoms with van der Waals surface area (Å²) in [5.41, 5.74) is 2.29. The second-order valence-corrected chi connectivity index (χ2v) is 8.39. The third kappa shape index (κ3) is 3.40. The molecule has 0 fully saturated rings.